The molecule has 1 aromatic heterocycles. The van der Waals surface area contributed by atoms with Gasteiger partial charge in [0.05, 0.1) is 0 Å². The van der Waals surface area contributed by atoms with Crippen molar-refractivity contribution >= 4 is 17.5 Å². The van der Waals surface area contributed by atoms with Crippen molar-refractivity contribution in [2.45, 2.75) is 6.92 Å². The number of benzene rings is 1. The lowest BCUT2D eigenvalue weighted by molar-refractivity contribution is 0.0950. The molecule has 2 rings (SSSR count). The number of hydrogen-bond donors (Lipinski definition) is 1. The van der Waals surface area contributed by atoms with Gasteiger partial charge in [0.2, 0.25) is 0 Å². The number of halogens is 1. The van der Waals surface area contributed by atoms with E-state index in [1.54, 1.807) is 6.92 Å². The molecule has 0 amide bonds. The van der Waals surface area contributed by atoms with E-state index in [0.717, 1.165) is 0 Å². The highest BCUT2D eigenvalue weighted by Crippen LogP contribution is 2.09. The molecule has 0 saturated carbocycles. The number of hydrogen-bond acceptors (Lipinski definition) is 3. The van der Waals surface area contributed by atoms with Crippen LogP contribution in [0.25, 0.3) is 0 Å². The molecule has 1 heterocycles. The molecule has 0 aliphatic heterocycles. The Morgan fingerprint density at radius 3 is 2.39 bits per heavy atom. The quantitative estimate of drug-likeness (QED) is 0.841. The van der Waals surface area contributed by atoms with Gasteiger partial charge in [-0.05, 0) is 31.2 Å². The standard InChI is InChI=1S/C12H9ClN2O3/c1-7-6-10(16)15(12(18)14-7)11(17)8-2-4-9(13)5-3-8/h2-6H,1H3,(H,14,18). The van der Waals surface area contributed by atoms with Crippen LogP contribution in [0.5, 0.6) is 0 Å². The van der Waals surface area contributed by atoms with Crippen LogP contribution in [0.3, 0.4) is 0 Å². The Kier molecular flexibility index (Phi) is 3.16. The van der Waals surface area contributed by atoms with Crippen LogP contribution in [0.2, 0.25) is 5.02 Å². The third-order valence-electron chi connectivity index (χ3n) is 2.36. The van der Waals surface area contributed by atoms with Crippen LogP contribution in [-0.2, 0) is 0 Å². The van der Waals surface area contributed by atoms with Crippen molar-refractivity contribution in [1.29, 1.82) is 0 Å². The molecule has 1 N–H and O–H groups in total. The van der Waals surface area contributed by atoms with Crippen LogP contribution in [0.15, 0.2) is 39.9 Å². The van der Waals surface area contributed by atoms with E-state index in [9.17, 15) is 14.4 Å². The third-order valence-corrected chi connectivity index (χ3v) is 2.61. The fraction of sp³-hybridized carbons (Fsp3) is 0.0833. The number of carbonyl (C=O) groups excluding carboxylic acids is 1. The highest BCUT2D eigenvalue weighted by molar-refractivity contribution is 6.30. The topological polar surface area (TPSA) is 71.9 Å². The van der Waals surface area contributed by atoms with Crippen LogP contribution < -0.4 is 11.2 Å². The van der Waals surface area contributed by atoms with E-state index >= 15 is 0 Å². The third kappa shape index (κ3) is 2.26. The average Bonchev–Trinajstić information content (AvgIpc) is 2.28. The largest absolute Gasteiger partial charge is 0.335 e. The zero-order chi connectivity index (χ0) is 13.3. The Bertz CT molecular complexity index is 682. The van der Waals surface area contributed by atoms with Crippen LogP contribution in [-0.4, -0.2) is 15.5 Å². The summed E-state index contributed by atoms with van der Waals surface area (Å²) in [4.78, 5) is 37.7. The lowest BCUT2D eigenvalue weighted by Crippen LogP contribution is -2.40. The Labute approximate surface area is 107 Å². The SMILES string of the molecule is Cc1cc(=O)n(C(=O)c2ccc(Cl)cc2)c(=O)[nH]1. The molecule has 92 valence electrons. The molecule has 0 fully saturated rings. The second kappa shape index (κ2) is 4.62. The van der Waals surface area contributed by atoms with Crippen LogP contribution in [0.1, 0.15) is 16.1 Å². The predicted octanol–water partition coefficient (Wildman–Crippen LogP) is 1.19. The van der Waals surface area contributed by atoms with Gasteiger partial charge in [0.1, 0.15) is 0 Å². The maximum atomic E-state index is 12.0. The molecule has 0 spiro atoms. The van der Waals surface area contributed by atoms with Crippen molar-refractivity contribution in [2.24, 2.45) is 0 Å². The molecule has 18 heavy (non-hydrogen) atoms. The van der Waals surface area contributed by atoms with E-state index in [1.807, 2.05) is 0 Å². The molecular weight excluding hydrogens is 256 g/mol. The lowest BCUT2D eigenvalue weighted by atomic mass is 10.2. The van der Waals surface area contributed by atoms with Crippen molar-refractivity contribution in [3.63, 3.8) is 0 Å². The van der Waals surface area contributed by atoms with Gasteiger partial charge in [-0.3, -0.25) is 9.59 Å². The average molecular weight is 265 g/mol. The number of aromatic amines is 1. The summed E-state index contributed by atoms with van der Waals surface area (Å²) < 4.78 is 0.552. The van der Waals surface area contributed by atoms with Crippen molar-refractivity contribution < 1.29 is 4.79 Å². The lowest BCUT2D eigenvalue weighted by Gasteiger charge is -2.03. The number of rotatable bonds is 1. The van der Waals surface area contributed by atoms with Crippen LogP contribution in [0, 0.1) is 6.92 Å². The predicted molar refractivity (Wildman–Crippen MR) is 67.2 cm³/mol. The summed E-state index contributed by atoms with van der Waals surface area (Å²) in [7, 11) is 0. The number of aryl methyl sites for hydroxylation is 1. The van der Waals surface area contributed by atoms with Gasteiger partial charge < -0.3 is 4.98 Å². The van der Waals surface area contributed by atoms with Gasteiger partial charge in [-0.15, -0.1) is 0 Å². The summed E-state index contributed by atoms with van der Waals surface area (Å²) in [6.45, 7) is 1.57. The second-order valence-electron chi connectivity index (χ2n) is 3.74. The summed E-state index contributed by atoms with van der Waals surface area (Å²) in [6, 6.07) is 7.13. The first-order valence-corrected chi connectivity index (χ1v) is 5.50. The van der Waals surface area contributed by atoms with Gasteiger partial charge in [0.15, 0.2) is 0 Å². The number of H-pyrrole nitrogens is 1. The molecule has 0 saturated heterocycles. The summed E-state index contributed by atoms with van der Waals surface area (Å²) >= 11 is 5.70. The summed E-state index contributed by atoms with van der Waals surface area (Å²) in [6.07, 6.45) is 0. The van der Waals surface area contributed by atoms with Crippen molar-refractivity contribution in [1.82, 2.24) is 9.55 Å². The highest BCUT2D eigenvalue weighted by atomic mass is 35.5. The monoisotopic (exact) mass is 264 g/mol. The first-order chi connectivity index (χ1) is 8.49. The molecule has 0 radical (unpaired) electrons. The zero-order valence-corrected chi connectivity index (χ0v) is 10.2. The minimum atomic E-state index is -0.750. The number of nitrogens with zero attached hydrogens (tertiary/aromatic N) is 1. The first kappa shape index (κ1) is 12.3. The van der Waals surface area contributed by atoms with E-state index < -0.39 is 17.2 Å². The van der Waals surface area contributed by atoms with Gasteiger partial charge in [0, 0.05) is 22.3 Å². The van der Waals surface area contributed by atoms with E-state index in [1.165, 1.54) is 30.3 Å². The molecule has 0 unspecified atom stereocenters. The Morgan fingerprint density at radius 1 is 1.22 bits per heavy atom. The van der Waals surface area contributed by atoms with Crippen LogP contribution >= 0.6 is 11.6 Å². The van der Waals surface area contributed by atoms with Crippen LogP contribution in [0.4, 0.5) is 0 Å². The van der Waals surface area contributed by atoms with E-state index in [2.05, 4.69) is 4.98 Å². The molecule has 0 atom stereocenters. The minimum Gasteiger partial charge on any atom is -0.311 e. The molecule has 0 aliphatic rings. The number of carbonyl (C=O) groups is 1. The molecular formula is C12H9ClN2O3. The van der Waals surface area contributed by atoms with E-state index in [0.29, 0.717) is 15.3 Å². The molecule has 5 nitrogen and oxygen atoms in total. The van der Waals surface area contributed by atoms with Gasteiger partial charge in [-0.25, -0.2) is 4.79 Å². The minimum absolute atomic E-state index is 0.218. The van der Waals surface area contributed by atoms with E-state index in [4.69, 9.17) is 11.6 Å². The Hall–Kier alpha value is -2.14. The fourth-order valence-electron chi connectivity index (χ4n) is 1.52. The second-order valence-corrected chi connectivity index (χ2v) is 4.18. The van der Waals surface area contributed by atoms with Gasteiger partial charge >= 0.3 is 5.69 Å². The van der Waals surface area contributed by atoms with Crippen molar-refractivity contribution in [3.8, 4) is 0 Å². The van der Waals surface area contributed by atoms with Crippen molar-refractivity contribution in [2.75, 3.05) is 0 Å². The maximum Gasteiger partial charge on any atom is 0.335 e. The van der Waals surface area contributed by atoms with Gasteiger partial charge in [-0.2, -0.15) is 4.57 Å². The van der Waals surface area contributed by atoms with Gasteiger partial charge in [-0.1, -0.05) is 11.6 Å². The summed E-state index contributed by atoms with van der Waals surface area (Å²) in [5.41, 5.74) is -0.780. The summed E-state index contributed by atoms with van der Waals surface area (Å²) in [5, 5.41) is 0.469. The smallest absolute Gasteiger partial charge is 0.311 e. The number of aromatic nitrogens is 2. The molecule has 1 aromatic carbocycles. The first-order valence-electron chi connectivity index (χ1n) is 5.12. The Balaban J connectivity index is 2.57. The molecule has 2 aromatic rings. The molecule has 6 heteroatoms. The number of nitrogens with one attached hydrogen (secondary N) is 1. The van der Waals surface area contributed by atoms with E-state index in [-0.39, 0.29) is 5.56 Å². The molecule has 0 aliphatic carbocycles. The highest BCUT2D eigenvalue weighted by Gasteiger charge is 2.13. The maximum absolute atomic E-state index is 12.0. The van der Waals surface area contributed by atoms with Gasteiger partial charge in [0.25, 0.3) is 11.5 Å². The zero-order valence-electron chi connectivity index (χ0n) is 9.44. The molecule has 0 bridgehead atoms. The fourth-order valence-corrected chi connectivity index (χ4v) is 1.65. The van der Waals surface area contributed by atoms with Crippen molar-refractivity contribution in [3.05, 3.63) is 67.4 Å². The summed E-state index contributed by atoms with van der Waals surface area (Å²) in [5.74, 6) is -0.682. The Morgan fingerprint density at radius 2 is 1.83 bits per heavy atom. The normalized spacial score (nSPS) is 10.3.